The van der Waals surface area contributed by atoms with Gasteiger partial charge in [-0.15, -0.1) is 0 Å². The maximum Gasteiger partial charge on any atom is 0.331 e. The van der Waals surface area contributed by atoms with Gasteiger partial charge in [0.2, 0.25) is 0 Å². The van der Waals surface area contributed by atoms with Crippen molar-refractivity contribution in [3.8, 4) is 0 Å². The Morgan fingerprint density at radius 1 is 1.08 bits per heavy atom. The number of anilines is 1. The number of fused-ring (bicyclic) bond motifs is 1. The van der Waals surface area contributed by atoms with Crippen molar-refractivity contribution in [3.63, 3.8) is 0 Å². The molecule has 5 nitrogen and oxygen atoms in total. The summed E-state index contributed by atoms with van der Waals surface area (Å²) in [5.41, 5.74) is 5.92. The fraction of sp³-hybridized carbons (Fsp3) is 0.368. The van der Waals surface area contributed by atoms with Gasteiger partial charge in [0.05, 0.1) is 12.7 Å². The van der Waals surface area contributed by atoms with E-state index in [-0.39, 0.29) is 11.9 Å². The van der Waals surface area contributed by atoms with Gasteiger partial charge in [-0.25, -0.2) is 4.79 Å². The molecular formula is C19H22N2O3. The Morgan fingerprint density at radius 3 is 2.33 bits per heavy atom. The van der Waals surface area contributed by atoms with E-state index in [1.807, 2.05) is 24.3 Å². The lowest BCUT2D eigenvalue weighted by Crippen LogP contribution is -2.56. The molecule has 1 aliphatic rings. The minimum atomic E-state index is -0.942. The maximum absolute atomic E-state index is 12.8. The Labute approximate surface area is 141 Å². The van der Waals surface area contributed by atoms with Crippen LogP contribution >= 0.6 is 0 Å². The van der Waals surface area contributed by atoms with Crippen LogP contribution in [-0.4, -0.2) is 24.5 Å². The predicted octanol–water partition coefficient (Wildman–Crippen LogP) is 3.03. The van der Waals surface area contributed by atoms with Crippen molar-refractivity contribution in [2.45, 2.75) is 37.6 Å². The van der Waals surface area contributed by atoms with Crippen molar-refractivity contribution < 1.29 is 14.3 Å². The zero-order valence-corrected chi connectivity index (χ0v) is 13.8. The fourth-order valence-corrected chi connectivity index (χ4v) is 3.47. The third-order valence-corrected chi connectivity index (χ3v) is 4.80. The van der Waals surface area contributed by atoms with Gasteiger partial charge in [-0.2, -0.15) is 0 Å². The summed E-state index contributed by atoms with van der Waals surface area (Å²) in [7, 11) is 1.36. The summed E-state index contributed by atoms with van der Waals surface area (Å²) in [5, 5.41) is 4.83. The molecule has 0 radical (unpaired) electrons. The third kappa shape index (κ3) is 2.94. The van der Waals surface area contributed by atoms with Crippen LogP contribution in [0.4, 0.5) is 5.69 Å². The molecule has 0 atom stereocenters. The molecule has 1 aliphatic carbocycles. The lowest BCUT2D eigenvalue weighted by atomic mass is 9.81. The molecule has 5 heteroatoms. The molecule has 24 heavy (non-hydrogen) atoms. The third-order valence-electron chi connectivity index (χ3n) is 4.80. The maximum atomic E-state index is 12.8. The van der Waals surface area contributed by atoms with E-state index in [2.05, 4.69) is 5.32 Å². The first-order chi connectivity index (χ1) is 11.6. The van der Waals surface area contributed by atoms with E-state index in [1.165, 1.54) is 7.11 Å². The first-order valence-corrected chi connectivity index (χ1v) is 8.25. The lowest BCUT2D eigenvalue weighted by molar-refractivity contribution is -0.149. The molecule has 1 amide bonds. The van der Waals surface area contributed by atoms with Crippen molar-refractivity contribution in [2.75, 3.05) is 12.8 Å². The second kappa shape index (κ2) is 6.51. The van der Waals surface area contributed by atoms with Crippen LogP contribution in [0.2, 0.25) is 0 Å². The molecule has 2 aromatic rings. The molecule has 1 fully saturated rings. The number of nitrogens with two attached hydrogens (primary N) is 1. The van der Waals surface area contributed by atoms with Crippen molar-refractivity contribution in [2.24, 2.45) is 0 Å². The number of hydrogen-bond donors (Lipinski definition) is 2. The number of carbonyl (C=O) groups is 2. The highest BCUT2D eigenvalue weighted by Crippen LogP contribution is 2.30. The molecule has 126 valence electrons. The smallest absolute Gasteiger partial charge is 0.331 e. The SMILES string of the molecule is COC(=O)C1(NC(=O)c2cc3ccccc3cc2N)CCCCC1. The summed E-state index contributed by atoms with van der Waals surface area (Å²) in [6.07, 6.45) is 4.04. The monoisotopic (exact) mass is 326 g/mol. The number of ether oxygens (including phenoxy) is 1. The number of nitrogens with one attached hydrogen (secondary N) is 1. The number of benzene rings is 2. The summed E-state index contributed by atoms with van der Waals surface area (Å²) in [6.45, 7) is 0. The molecule has 3 N–H and O–H groups in total. The van der Waals surface area contributed by atoms with E-state index < -0.39 is 5.54 Å². The van der Waals surface area contributed by atoms with Crippen LogP contribution in [0.5, 0.6) is 0 Å². The summed E-state index contributed by atoms with van der Waals surface area (Å²) >= 11 is 0. The van der Waals surface area contributed by atoms with Crippen LogP contribution in [0.15, 0.2) is 36.4 Å². The van der Waals surface area contributed by atoms with Crippen molar-refractivity contribution >= 4 is 28.3 Å². The second-order valence-electron chi connectivity index (χ2n) is 6.38. The van der Waals surface area contributed by atoms with E-state index in [1.54, 1.807) is 12.1 Å². The van der Waals surface area contributed by atoms with Crippen molar-refractivity contribution in [1.82, 2.24) is 5.32 Å². The second-order valence-corrected chi connectivity index (χ2v) is 6.38. The van der Waals surface area contributed by atoms with Crippen LogP contribution in [0, 0.1) is 0 Å². The highest BCUT2D eigenvalue weighted by atomic mass is 16.5. The molecule has 0 bridgehead atoms. The normalized spacial score (nSPS) is 16.5. The van der Waals surface area contributed by atoms with Gasteiger partial charge in [0.25, 0.3) is 5.91 Å². The van der Waals surface area contributed by atoms with Crippen LogP contribution in [0.1, 0.15) is 42.5 Å². The van der Waals surface area contributed by atoms with Gasteiger partial charge in [-0.1, -0.05) is 43.5 Å². The zero-order chi connectivity index (χ0) is 17.2. The van der Waals surface area contributed by atoms with Crippen LogP contribution in [0.3, 0.4) is 0 Å². The highest BCUT2D eigenvalue weighted by molar-refractivity contribution is 6.05. The lowest BCUT2D eigenvalue weighted by Gasteiger charge is -2.35. The van der Waals surface area contributed by atoms with E-state index in [4.69, 9.17) is 10.5 Å². The first-order valence-electron chi connectivity index (χ1n) is 8.25. The Balaban J connectivity index is 1.93. The summed E-state index contributed by atoms with van der Waals surface area (Å²) in [6, 6.07) is 11.3. The van der Waals surface area contributed by atoms with Crippen LogP contribution < -0.4 is 11.1 Å². The van der Waals surface area contributed by atoms with E-state index >= 15 is 0 Å². The number of carbonyl (C=O) groups excluding carboxylic acids is 2. The molecule has 0 heterocycles. The van der Waals surface area contributed by atoms with Gasteiger partial charge in [-0.05, 0) is 35.7 Å². The topological polar surface area (TPSA) is 81.4 Å². The van der Waals surface area contributed by atoms with E-state index in [9.17, 15) is 9.59 Å². The molecule has 3 rings (SSSR count). The quantitative estimate of drug-likeness (QED) is 0.671. The van der Waals surface area contributed by atoms with Crippen molar-refractivity contribution in [3.05, 3.63) is 42.0 Å². The first kappa shape index (κ1) is 16.3. The molecule has 0 spiro atoms. The number of hydrogen-bond acceptors (Lipinski definition) is 4. The Morgan fingerprint density at radius 2 is 1.71 bits per heavy atom. The van der Waals surface area contributed by atoms with Crippen LogP contribution in [0.25, 0.3) is 10.8 Å². The summed E-state index contributed by atoms with van der Waals surface area (Å²) in [5.74, 6) is -0.708. The molecule has 1 saturated carbocycles. The minimum absolute atomic E-state index is 0.328. The van der Waals surface area contributed by atoms with E-state index in [0.717, 1.165) is 30.0 Å². The standard InChI is InChI=1S/C19H22N2O3/c1-24-18(23)19(9-5-2-6-10-19)21-17(22)15-11-13-7-3-4-8-14(13)12-16(15)20/h3-4,7-8,11-12H,2,5-6,9-10,20H2,1H3,(H,21,22). The minimum Gasteiger partial charge on any atom is -0.467 e. The largest absolute Gasteiger partial charge is 0.467 e. The highest BCUT2D eigenvalue weighted by Gasteiger charge is 2.42. The predicted molar refractivity (Wildman–Crippen MR) is 93.7 cm³/mol. The van der Waals surface area contributed by atoms with Gasteiger partial charge in [0.15, 0.2) is 0 Å². The average Bonchev–Trinajstić information content (AvgIpc) is 2.61. The van der Waals surface area contributed by atoms with Crippen molar-refractivity contribution in [1.29, 1.82) is 0 Å². The van der Waals surface area contributed by atoms with E-state index in [0.29, 0.717) is 24.1 Å². The van der Waals surface area contributed by atoms with Gasteiger partial charge in [0.1, 0.15) is 5.54 Å². The van der Waals surface area contributed by atoms with Gasteiger partial charge < -0.3 is 15.8 Å². The number of rotatable bonds is 3. The average molecular weight is 326 g/mol. The van der Waals surface area contributed by atoms with Gasteiger partial charge >= 0.3 is 5.97 Å². The number of nitrogen functional groups attached to an aromatic ring is 1. The number of amides is 1. The summed E-state index contributed by atoms with van der Waals surface area (Å²) < 4.78 is 4.95. The Hall–Kier alpha value is -2.56. The molecule has 0 aromatic heterocycles. The number of methoxy groups -OCH3 is 1. The number of esters is 1. The Kier molecular flexibility index (Phi) is 4.42. The fourth-order valence-electron chi connectivity index (χ4n) is 3.47. The summed E-state index contributed by atoms with van der Waals surface area (Å²) in [4.78, 5) is 25.1. The van der Waals surface area contributed by atoms with Crippen LogP contribution in [-0.2, 0) is 9.53 Å². The molecule has 0 unspecified atom stereocenters. The molecule has 0 saturated heterocycles. The molecule has 0 aliphatic heterocycles. The van der Waals surface area contributed by atoms with Gasteiger partial charge in [-0.3, -0.25) is 4.79 Å². The molecular weight excluding hydrogens is 304 g/mol. The molecule has 2 aromatic carbocycles. The Bertz CT molecular complexity index is 779. The zero-order valence-electron chi connectivity index (χ0n) is 13.8. The van der Waals surface area contributed by atoms with Gasteiger partial charge in [0, 0.05) is 5.69 Å².